The van der Waals surface area contributed by atoms with Gasteiger partial charge < -0.3 is 9.32 Å². The minimum absolute atomic E-state index is 0.728. The minimum Gasteiger partial charge on any atom is -0.439 e. The van der Waals surface area contributed by atoms with E-state index in [2.05, 4.69) is 34.1 Å². The molecule has 106 valence electrons. The Bertz CT molecular complexity index is 735. The molecule has 1 aliphatic rings. The molecule has 4 heteroatoms. The van der Waals surface area contributed by atoms with E-state index in [4.69, 9.17) is 4.42 Å². The Labute approximate surface area is 128 Å². The van der Waals surface area contributed by atoms with Crippen molar-refractivity contribution in [2.24, 2.45) is 0 Å². The molecule has 21 heavy (non-hydrogen) atoms. The third-order valence-corrected chi connectivity index (χ3v) is 4.85. The van der Waals surface area contributed by atoms with Crippen LogP contribution in [0, 0.1) is 0 Å². The number of benzene rings is 2. The van der Waals surface area contributed by atoms with E-state index in [1.54, 1.807) is 0 Å². The number of anilines is 1. The van der Waals surface area contributed by atoms with Crippen molar-refractivity contribution >= 4 is 28.5 Å². The summed E-state index contributed by atoms with van der Waals surface area (Å²) in [7, 11) is 0. The van der Waals surface area contributed by atoms with Crippen LogP contribution in [0.4, 0.5) is 5.69 Å². The second-order valence-electron chi connectivity index (χ2n) is 5.17. The summed E-state index contributed by atoms with van der Waals surface area (Å²) < 4.78 is 5.87. The zero-order valence-electron chi connectivity index (χ0n) is 11.7. The highest BCUT2D eigenvalue weighted by Crippen LogP contribution is 2.34. The van der Waals surface area contributed by atoms with E-state index in [-0.39, 0.29) is 0 Å². The molecular weight excluding hydrogens is 280 g/mol. The van der Waals surface area contributed by atoms with E-state index in [0.29, 0.717) is 0 Å². The topological polar surface area (TPSA) is 29.3 Å². The Morgan fingerprint density at radius 1 is 1.10 bits per heavy atom. The fourth-order valence-electron chi connectivity index (χ4n) is 2.71. The second kappa shape index (κ2) is 5.45. The molecule has 2 heterocycles. The minimum atomic E-state index is 0.728. The van der Waals surface area contributed by atoms with E-state index in [0.717, 1.165) is 30.1 Å². The highest BCUT2D eigenvalue weighted by atomic mass is 32.2. The average Bonchev–Trinajstić information content (AvgIpc) is 2.82. The Kier molecular flexibility index (Phi) is 3.31. The van der Waals surface area contributed by atoms with Gasteiger partial charge in [0.05, 0.1) is 12.2 Å². The lowest BCUT2D eigenvalue weighted by molar-refractivity contribution is 0.519. The lowest BCUT2D eigenvalue weighted by Gasteiger charge is -2.22. The van der Waals surface area contributed by atoms with E-state index in [1.807, 2.05) is 36.0 Å². The normalized spacial score (nSPS) is 15.0. The summed E-state index contributed by atoms with van der Waals surface area (Å²) in [6.45, 7) is 1.77. The molecule has 0 aliphatic carbocycles. The van der Waals surface area contributed by atoms with Crippen LogP contribution in [0.5, 0.6) is 0 Å². The molecule has 0 spiro atoms. The van der Waals surface area contributed by atoms with Crippen molar-refractivity contribution in [2.45, 2.75) is 17.9 Å². The monoisotopic (exact) mass is 296 g/mol. The van der Waals surface area contributed by atoms with Crippen LogP contribution < -0.4 is 4.90 Å². The van der Waals surface area contributed by atoms with Gasteiger partial charge in [0, 0.05) is 11.4 Å². The van der Waals surface area contributed by atoms with Gasteiger partial charge in [-0.15, -0.1) is 11.8 Å². The third-order valence-electron chi connectivity index (χ3n) is 3.70. The summed E-state index contributed by atoms with van der Waals surface area (Å²) in [4.78, 5) is 8.32. The van der Waals surface area contributed by atoms with Gasteiger partial charge in [0.25, 0.3) is 0 Å². The summed E-state index contributed by atoms with van der Waals surface area (Å²) >= 11 is 1.94. The molecule has 1 aliphatic heterocycles. The first-order valence-electron chi connectivity index (χ1n) is 7.21. The summed E-state index contributed by atoms with van der Waals surface area (Å²) in [5, 5.41) is 0. The molecule has 0 atom stereocenters. The van der Waals surface area contributed by atoms with Crippen LogP contribution in [-0.2, 0) is 6.54 Å². The Morgan fingerprint density at radius 3 is 2.90 bits per heavy atom. The molecule has 1 aromatic heterocycles. The number of fused-ring (bicyclic) bond motifs is 2. The zero-order chi connectivity index (χ0) is 14.1. The Balaban J connectivity index is 1.67. The van der Waals surface area contributed by atoms with Crippen molar-refractivity contribution in [1.29, 1.82) is 0 Å². The molecule has 4 rings (SSSR count). The van der Waals surface area contributed by atoms with Crippen molar-refractivity contribution < 1.29 is 4.42 Å². The lowest BCUT2D eigenvalue weighted by Crippen LogP contribution is -2.23. The van der Waals surface area contributed by atoms with Crippen molar-refractivity contribution in [1.82, 2.24) is 4.98 Å². The first kappa shape index (κ1) is 12.8. The molecule has 0 bridgehead atoms. The summed E-state index contributed by atoms with van der Waals surface area (Å²) in [6.07, 6.45) is 1.18. The van der Waals surface area contributed by atoms with Gasteiger partial charge in [-0.1, -0.05) is 24.3 Å². The number of oxazole rings is 1. The molecule has 0 amide bonds. The lowest BCUT2D eigenvalue weighted by atomic mass is 10.2. The van der Waals surface area contributed by atoms with E-state index in [9.17, 15) is 0 Å². The van der Waals surface area contributed by atoms with Crippen LogP contribution in [0.25, 0.3) is 11.1 Å². The number of rotatable bonds is 2. The zero-order valence-corrected chi connectivity index (χ0v) is 12.5. The van der Waals surface area contributed by atoms with Gasteiger partial charge >= 0.3 is 0 Å². The smallest absolute Gasteiger partial charge is 0.215 e. The van der Waals surface area contributed by atoms with Crippen molar-refractivity contribution in [3.63, 3.8) is 0 Å². The maximum Gasteiger partial charge on any atom is 0.215 e. The fraction of sp³-hybridized carbons (Fsp3) is 0.235. The molecule has 3 aromatic rings. The van der Waals surface area contributed by atoms with Crippen LogP contribution in [-0.4, -0.2) is 17.3 Å². The van der Waals surface area contributed by atoms with E-state index < -0.39 is 0 Å². The van der Waals surface area contributed by atoms with E-state index in [1.165, 1.54) is 22.8 Å². The van der Waals surface area contributed by atoms with Crippen LogP contribution in [0.3, 0.4) is 0 Å². The number of hydrogen-bond acceptors (Lipinski definition) is 4. The van der Waals surface area contributed by atoms with Gasteiger partial charge in [-0.2, -0.15) is 0 Å². The fourth-order valence-corrected chi connectivity index (χ4v) is 3.73. The maximum atomic E-state index is 5.87. The molecule has 2 aromatic carbocycles. The quantitative estimate of drug-likeness (QED) is 0.704. The number of aromatic nitrogens is 1. The largest absolute Gasteiger partial charge is 0.439 e. The summed E-state index contributed by atoms with van der Waals surface area (Å²) in [6, 6.07) is 16.5. The SMILES string of the molecule is c1ccc2c(c1)SCCCN2Cc1nc2ccccc2o1. The number of para-hydroxylation sites is 3. The maximum absolute atomic E-state index is 5.87. The number of thioether (sulfide) groups is 1. The predicted octanol–water partition coefficient (Wildman–Crippen LogP) is 4.33. The Morgan fingerprint density at radius 2 is 1.95 bits per heavy atom. The van der Waals surface area contributed by atoms with Gasteiger partial charge in [0.15, 0.2) is 5.58 Å². The molecule has 0 unspecified atom stereocenters. The van der Waals surface area contributed by atoms with Crippen LogP contribution in [0.1, 0.15) is 12.3 Å². The molecular formula is C17H16N2OS. The molecule has 0 N–H and O–H groups in total. The van der Waals surface area contributed by atoms with Crippen LogP contribution in [0.2, 0.25) is 0 Å². The average molecular weight is 296 g/mol. The van der Waals surface area contributed by atoms with E-state index >= 15 is 0 Å². The van der Waals surface area contributed by atoms with Crippen molar-refractivity contribution in [2.75, 3.05) is 17.2 Å². The van der Waals surface area contributed by atoms with Gasteiger partial charge in [-0.05, 0) is 36.4 Å². The highest BCUT2D eigenvalue weighted by molar-refractivity contribution is 7.99. The van der Waals surface area contributed by atoms with Gasteiger partial charge in [0.1, 0.15) is 5.52 Å². The molecule has 0 radical (unpaired) electrons. The molecule has 0 fully saturated rings. The number of nitrogens with zero attached hydrogens (tertiary/aromatic N) is 2. The van der Waals surface area contributed by atoms with Crippen LogP contribution >= 0.6 is 11.8 Å². The predicted molar refractivity (Wildman–Crippen MR) is 86.8 cm³/mol. The standard InChI is InChI=1S/C17H16N2OS/c1-3-8-15-13(6-1)18-17(20-15)12-19-10-5-11-21-16-9-4-2-7-14(16)19/h1-4,6-9H,5,10-12H2. The van der Waals surface area contributed by atoms with Crippen LogP contribution in [0.15, 0.2) is 57.8 Å². The molecule has 0 saturated carbocycles. The molecule has 0 saturated heterocycles. The Hall–Kier alpha value is -1.94. The summed E-state index contributed by atoms with van der Waals surface area (Å²) in [5.41, 5.74) is 3.09. The van der Waals surface area contributed by atoms with Gasteiger partial charge in [0.2, 0.25) is 5.89 Å². The first-order valence-corrected chi connectivity index (χ1v) is 8.20. The van der Waals surface area contributed by atoms with Gasteiger partial charge in [-0.3, -0.25) is 0 Å². The van der Waals surface area contributed by atoms with Gasteiger partial charge in [-0.25, -0.2) is 4.98 Å². The highest BCUT2D eigenvalue weighted by Gasteiger charge is 2.17. The second-order valence-corrected chi connectivity index (χ2v) is 6.30. The van der Waals surface area contributed by atoms with Crippen molar-refractivity contribution in [3.05, 3.63) is 54.4 Å². The summed E-state index contributed by atoms with van der Waals surface area (Å²) in [5.74, 6) is 1.96. The third kappa shape index (κ3) is 2.51. The molecule has 3 nitrogen and oxygen atoms in total. The first-order chi connectivity index (χ1) is 10.4. The van der Waals surface area contributed by atoms with Crippen molar-refractivity contribution in [3.8, 4) is 0 Å². The number of hydrogen-bond donors (Lipinski definition) is 0.